The summed E-state index contributed by atoms with van der Waals surface area (Å²) < 4.78 is 15.3. The predicted octanol–water partition coefficient (Wildman–Crippen LogP) is 5.62. The summed E-state index contributed by atoms with van der Waals surface area (Å²) in [6, 6.07) is 15.9. The molecule has 0 bridgehead atoms. The lowest BCUT2D eigenvalue weighted by Crippen LogP contribution is -2.04. The largest absolute Gasteiger partial charge is 0.504 e. The molecule has 3 rings (SSSR count). The first-order valence-electron chi connectivity index (χ1n) is 9.87. The zero-order valence-electron chi connectivity index (χ0n) is 17.6. The molecule has 1 fully saturated rings. The highest BCUT2D eigenvalue weighted by molar-refractivity contribution is 8.13. The number of esters is 1. The van der Waals surface area contributed by atoms with Crippen LogP contribution in [0.4, 0.5) is 5.69 Å². The molecule has 0 spiro atoms. The van der Waals surface area contributed by atoms with Crippen LogP contribution in [-0.4, -0.2) is 32.3 Å². The topological polar surface area (TPSA) is 57.1 Å². The summed E-state index contributed by atoms with van der Waals surface area (Å²) in [5.74, 6) is 1.84. The van der Waals surface area contributed by atoms with Gasteiger partial charge < -0.3 is 14.2 Å². The second-order valence-electron chi connectivity index (χ2n) is 7.00. The Labute approximate surface area is 182 Å². The molecular formula is C24H27NO4S. The van der Waals surface area contributed by atoms with Crippen molar-refractivity contribution in [2.45, 2.75) is 25.0 Å². The minimum absolute atomic E-state index is 0.168. The normalized spacial score (nSPS) is 14.4. The van der Waals surface area contributed by atoms with Crippen molar-refractivity contribution < 1.29 is 19.0 Å². The summed E-state index contributed by atoms with van der Waals surface area (Å²) in [6.07, 6.45) is 4.15. The fraction of sp³-hybridized carbons (Fsp3) is 0.333. The van der Waals surface area contributed by atoms with Crippen LogP contribution in [0.3, 0.4) is 0 Å². The van der Waals surface area contributed by atoms with E-state index in [2.05, 4.69) is 6.07 Å². The monoisotopic (exact) mass is 425 g/mol. The number of hydrogen-bond donors (Lipinski definition) is 0. The van der Waals surface area contributed by atoms with Crippen LogP contribution in [0.15, 0.2) is 59.8 Å². The van der Waals surface area contributed by atoms with E-state index in [1.807, 2.05) is 42.5 Å². The molecule has 2 aromatic carbocycles. The third kappa shape index (κ3) is 6.13. The molecule has 1 aliphatic rings. The Morgan fingerprint density at radius 2 is 1.83 bits per heavy atom. The SMILES string of the molecule is COC=C(CC(=O)OC)c1ccccc1CSC(=Nc1ccc(OC)cc1)C1CC1. The summed E-state index contributed by atoms with van der Waals surface area (Å²) in [7, 11) is 4.64. The fourth-order valence-electron chi connectivity index (χ4n) is 3.04. The molecule has 158 valence electrons. The second-order valence-corrected chi connectivity index (χ2v) is 8.00. The highest BCUT2D eigenvalue weighted by atomic mass is 32.2. The molecule has 30 heavy (non-hydrogen) atoms. The van der Waals surface area contributed by atoms with E-state index in [0.717, 1.165) is 38.9 Å². The minimum Gasteiger partial charge on any atom is -0.504 e. The smallest absolute Gasteiger partial charge is 0.310 e. The van der Waals surface area contributed by atoms with Gasteiger partial charge in [0.1, 0.15) is 5.75 Å². The molecule has 0 amide bonds. The number of ether oxygens (including phenoxy) is 3. The quantitative estimate of drug-likeness (QED) is 0.226. The van der Waals surface area contributed by atoms with E-state index in [0.29, 0.717) is 5.92 Å². The van der Waals surface area contributed by atoms with Crippen LogP contribution < -0.4 is 4.74 Å². The maximum absolute atomic E-state index is 11.8. The first kappa shape index (κ1) is 22.0. The highest BCUT2D eigenvalue weighted by Gasteiger charge is 2.28. The molecule has 0 radical (unpaired) electrons. The van der Waals surface area contributed by atoms with Gasteiger partial charge >= 0.3 is 5.97 Å². The average Bonchev–Trinajstić information content (AvgIpc) is 3.62. The lowest BCUT2D eigenvalue weighted by Gasteiger charge is -2.13. The van der Waals surface area contributed by atoms with Gasteiger partial charge in [-0.2, -0.15) is 0 Å². The Balaban J connectivity index is 1.79. The molecular weight excluding hydrogens is 398 g/mol. The number of thioether (sulfide) groups is 1. The summed E-state index contributed by atoms with van der Waals surface area (Å²) in [5.41, 5.74) is 3.87. The molecule has 1 saturated carbocycles. The third-order valence-electron chi connectivity index (χ3n) is 4.80. The Bertz CT molecular complexity index is 917. The van der Waals surface area contributed by atoms with Gasteiger partial charge in [0.05, 0.1) is 44.7 Å². The van der Waals surface area contributed by atoms with Crippen LogP contribution in [0.2, 0.25) is 0 Å². The predicted molar refractivity (Wildman–Crippen MR) is 122 cm³/mol. The number of carbonyl (C=O) groups excluding carboxylic acids is 1. The molecule has 0 atom stereocenters. The van der Waals surface area contributed by atoms with E-state index in [4.69, 9.17) is 19.2 Å². The first-order valence-corrected chi connectivity index (χ1v) is 10.9. The van der Waals surface area contributed by atoms with Gasteiger partial charge in [0.15, 0.2) is 0 Å². The Kier molecular flexibility index (Phi) is 7.97. The van der Waals surface area contributed by atoms with Crippen molar-refractivity contribution in [1.29, 1.82) is 0 Å². The Hall–Kier alpha value is -2.73. The molecule has 0 heterocycles. The average molecular weight is 426 g/mol. The Morgan fingerprint density at radius 1 is 1.10 bits per heavy atom. The number of methoxy groups -OCH3 is 3. The van der Waals surface area contributed by atoms with Crippen molar-refractivity contribution >= 4 is 34.0 Å². The van der Waals surface area contributed by atoms with Crippen LogP contribution in [-0.2, 0) is 20.0 Å². The number of benzene rings is 2. The molecule has 2 aromatic rings. The van der Waals surface area contributed by atoms with E-state index >= 15 is 0 Å². The molecule has 1 aliphatic carbocycles. The molecule has 0 N–H and O–H groups in total. The number of hydrogen-bond acceptors (Lipinski definition) is 6. The van der Waals surface area contributed by atoms with Gasteiger partial charge in [0.2, 0.25) is 0 Å². The van der Waals surface area contributed by atoms with E-state index < -0.39 is 0 Å². The Morgan fingerprint density at radius 3 is 2.47 bits per heavy atom. The molecule has 0 aromatic heterocycles. The van der Waals surface area contributed by atoms with E-state index in [1.165, 1.54) is 20.0 Å². The van der Waals surface area contributed by atoms with Gasteiger partial charge in [-0.1, -0.05) is 24.3 Å². The van der Waals surface area contributed by atoms with E-state index in [9.17, 15) is 4.79 Å². The van der Waals surface area contributed by atoms with Crippen LogP contribution in [0.1, 0.15) is 30.4 Å². The summed E-state index contributed by atoms with van der Waals surface area (Å²) in [4.78, 5) is 16.7. The van der Waals surface area contributed by atoms with Crippen LogP contribution in [0.25, 0.3) is 5.57 Å². The van der Waals surface area contributed by atoms with Crippen molar-refractivity contribution in [3.63, 3.8) is 0 Å². The highest BCUT2D eigenvalue weighted by Crippen LogP contribution is 2.38. The van der Waals surface area contributed by atoms with Crippen molar-refractivity contribution in [3.05, 3.63) is 65.9 Å². The number of rotatable bonds is 9. The molecule has 0 unspecified atom stereocenters. The summed E-state index contributed by atoms with van der Waals surface area (Å²) in [5, 5.41) is 1.15. The van der Waals surface area contributed by atoms with Crippen LogP contribution in [0.5, 0.6) is 5.75 Å². The summed E-state index contributed by atoms with van der Waals surface area (Å²) in [6.45, 7) is 0. The molecule has 6 heteroatoms. The second kappa shape index (κ2) is 10.9. The van der Waals surface area contributed by atoms with Crippen molar-refractivity contribution in [2.24, 2.45) is 10.9 Å². The number of carbonyl (C=O) groups is 1. The van der Waals surface area contributed by atoms with Gasteiger partial charge in [0.25, 0.3) is 0 Å². The van der Waals surface area contributed by atoms with E-state index in [-0.39, 0.29) is 12.4 Å². The first-order chi connectivity index (χ1) is 14.6. The number of nitrogens with zero attached hydrogens (tertiary/aromatic N) is 1. The third-order valence-corrected chi connectivity index (χ3v) is 5.98. The van der Waals surface area contributed by atoms with Gasteiger partial charge in [-0.05, 0) is 48.2 Å². The van der Waals surface area contributed by atoms with Gasteiger partial charge in [-0.3, -0.25) is 4.79 Å². The zero-order chi connectivity index (χ0) is 21.3. The van der Waals surface area contributed by atoms with Crippen molar-refractivity contribution in [1.82, 2.24) is 0 Å². The van der Waals surface area contributed by atoms with Crippen LogP contribution >= 0.6 is 11.8 Å². The standard InChI is InChI=1S/C24H27NO4S/c1-27-15-19(14-23(26)29-3)22-7-5-4-6-18(22)16-30-24(17-8-9-17)25-20-10-12-21(28-2)13-11-20/h4-7,10-13,15,17H,8-9,14,16H2,1-3H3. The maximum Gasteiger partial charge on any atom is 0.310 e. The van der Waals surface area contributed by atoms with Crippen molar-refractivity contribution in [3.8, 4) is 5.75 Å². The maximum atomic E-state index is 11.8. The molecule has 0 aliphatic heterocycles. The number of aliphatic imine (C=N–C) groups is 1. The summed E-state index contributed by atoms with van der Waals surface area (Å²) >= 11 is 1.76. The van der Waals surface area contributed by atoms with Crippen molar-refractivity contribution in [2.75, 3.05) is 21.3 Å². The molecule has 0 saturated heterocycles. The van der Waals surface area contributed by atoms with Gasteiger partial charge in [0, 0.05) is 17.2 Å². The van der Waals surface area contributed by atoms with Crippen LogP contribution in [0, 0.1) is 5.92 Å². The lowest BCUT2D eigenvalue weighted by molar-refractivity contribution is -0.139. The minimum atomic E-state index is -0.291. The van der Waals surface area contributed by atoms with Gasteiger partial charge in [-0.25, -0.2) is 4.99 Å². The zero-order valence-corrected chi connectivity index (χ0v) is 18.4. The fourth-order valence-corrected chi connectivity index (χ4v) is 4.23. The lowest BCUT2D eigenvalue weighted by atomic mass is 9.99. The molecule has 5 nitrogen and oxygen atoms in total. The van der Waals surface area contributed by atoms with Gasteiger partial charge in [-0.15, -0.1) is 11.8 Å². The van der Waals surface area contributed by atoms with E-state index in [1.54, 1.807) is 32.2 Å².